The first-order valence-electron chi connectivity index (χ1n) is 12.9. The van der Waals surface area contributed by atoms with Gasteiger partial charge in [0.05, 0.1) is 17.3 Å². The second-order valence-electron chi connectivity index (χ2n) is 9.70. The smallest absolute Gasteiger partial charge is 0.266 e. The van der Waals surface area contributed by atoms with E-state index in [1.165, 1.54) is 22.0 Å². The van der Waals surface area contributed by atoms with Crippen molar-refractivity contribution < 1.29 is 13.2 Å². The topological polar surface area (TPSA) is 57.7 Å². The molecule has 5 nitrogen and oxygen atoms in total. The lowest BCUT2D eigenvalue weighted by atomic mass is 9.92. The number of hydrogen-bond acceptors (Lipinski definition) is 3. The number of sulfonamides is 1. The standard InChI is InChI=1S/C31H27BrCl2N2O3S/c1-2-25-18-27-23(9-6-10-28(27)32)20-35(25)31(37)22-11-16-29(34)30(17-22)40(38,39)36(19-21-7-4-3-5-8-21)26-14-12-24(33)13-15-26/h3-17,25H,2,18-20H2,1H3. The van der Waals surface area contributed by atoms with Crippen molar-refractivity contribution in [3.8, 4) is 0 Å². The van der Waals surface area contributed by atoms with E-state index >= 15 is 0 Å². The maximum atomic E-state index is 14.2. The van der Waals surface area contributed by atoms with Gasteiger partial charge in [-0.3, -0.25) is 9.10 Å². The van der Waals surface area contributed by atoms with Gasteiger partial charge in [0.2, 0.25) is 0 Å². The Bertz CT molecular complexity index is 1650. The SMILES string of the molecule is CCC1Cc2c(Br)cccc2CN1C(=O)c1ccc(Cl)c(S(=O)(=O)N(Cc2ccccc2)c2ccc(Cl)cc2)c1. The van der Waals surface area contributed by atoms with Gasteiger partial charge in [-0.25, -0.2) is 8.42 Å². The minimum Gasteiger partial charge on any atom is -0.331 e. The Morgan fingerprint density at radius 2 is 1.70 bits per heavy atom. The molecule has 1 heterocycles. The highest BCUT2D eigenvalue weighted by atomic mass is 79.9. The third kappa shape index (κ3) is 5.79. The van der Waals surface area contributed by atoms with Gasteiger partial charge in [-0.2, -0.15) is 0 Å². The lowest BCUT2D eigenvalue weighted by Crippen LogP contribution is -2.44. The van der Waals surface area contributed by atoms with E-state index in [0.717, 1.165) is 28.4 Å². The summed E-state index contributed by atoms with van der Waals surface area (Å²) < 4.78 is 30.7. The Kier molecular flexibility index (Phi) is 8.57. The quantitative estimate of drug-likeness (QED) is 0.202. The van der Waals surface area contributed by atoms with Gasteiger partial charge >= 0.3 is 0 Å². The molecule has 4 aromatic rings. The third-order valence-electron chi connectivity index (χ3n) is 7.20. The van der Waals surface area contributed by atoms with Crippen LogP contribution in [-0.2, 0) is 29.5 Å². The lowest BCUT2D eigenvalue weighted by molar-refractivity contribution is 0.0634. The van der Waals surface area contributed by atoms with Gasteiger partial charge in [-0.15, -0.1) is 0 Å². The van der Waals surface area contributed by atoms with E-state index < -0.39 is 10.0 Å². The van der Waals surface area contributed by atoms with Crippen molar-refractivity contribution >= 4 is 60.7 Å². The summed E-state index contributed by atoms with van der Waals surface area (Å²) in [4.78, 5) is 15.6. The number of benzene rings is 4. The Balaban J connectivity index is 1.53. The number of carbonyl (C=O) groups is 1. The largest absolute Gasteiger partial charge is 0.331 e. The first-order valence-corrected chi connectivity index (χ1v) is 15.9. The van der Waals surface area contributed by atoms with Crippen LogP contribution >= 0.6 is 39.1 Å². The first-order chi connectivity index (χ1) is 19.2. The van der Waals surface area contributed by atoms with E-state index in [1.807, 2.05) is 53.4 Å². The van der Waals surface area contributed by atoms with Crippen LogP contribution in [-0.4, -0.2) is 25.3 Å². The Morgan fingerprint density at radius 1 is 0.975 bits per heavy atom. The number of hydrogen-bond donors (Lipinski definition) is 0. The van der Waals surface area contributed by atoms with Crippen molar-refractivity contribution in [3.63, 3.8) is 0 Å². The molecular formula is C31H27BrCl2N2O3S. The Morgan fingerprint density at radius 3 is 2.40 bits per heavy atom. The van der Waals surface area contributed by atoms with Crippen molar-refractivity contribution in [2.45, 2.75) is 43.8 Å². The summed E-state index contributed by atoms with van der Waals surface area (Å²) in [6.45, 7) is 2.58. The van der Waals surface area contributed by atoms with Crippen LogP contribution in [0.4, 0.5) is 5.69 Å². The fourth-order valence-corrected chi connectivity index (χ4v) is 7.68. The molecular weight excluding hydrogens is 631 g/mol. The van der Waals surface area contributed by atoms with Crippen molar-refractivity contribution in [2.75, 3.05) is 4.31 Å². The number of nitrogens with zero attached hydrogens (tertiary/aromatic N) is 2. The van der Waals surface area contributed by atoms with Gasteiger partial charge in [-0.05, 0) is 78.1 Å². The molecule has 40 heavy (non-hydrogen) atoms. The number of fused-ring (bicyclic) bond motifs is 1. The maximum Gasteiger partial charge on any atom is 0.266 e. The third-order valence-corrected chi connectivity index (χ3v) is 10.4. The highest BCUT2D eigenvalue weighted by molar-refractivity contribution is 9.10. The van der Waals surface area contributed by atoms with E-state index in [2.05, 4.69) is 22.9 Å². The highest BCUT2D eigenvalue weighted by Crippen LogP contribution is 2.34. The van der Waals surface area contributed by atoms with Crippen LogP contribution in [0, 0.1) is 0 Å². The van der Waals surface area contributed by atoms with Gasteiger partial charge in [0.1, 0.15) is 4.90 Å². The zero-order valence-electron chi connectivity index (χ0n) is 21.7. The molecule has 5 rings (SSSR count). The summed E-state index contributed by atoms with van der Waals surface area (Å²) in [7, 11) is -4.17. The van der Waals surface area contributed by atoms with Crippen LogP contribution in [0.5, 0.6) is 0 Å². The molecule has 0 saturated heterocycles. The molecule has 0 fully saturated rings. The highest BCUT2D eigenvalue weighted by Gasteiger charge is 2.33. The summed E-state index contributed by atoms with van der Waals surface area (Å²) in [6, 6.07) is 26.4. The van der Waals surface area contributed by atoms with E-state index in [4.69, 9.17) is 23.2 Å². The fourth-order valence-electron chi connectivity index (χ4n) is 5.03. The van der Waals surface area contributed by atoms with Crippen LogP contribution in [0.1, 0.15) is 40.4 Å². The Hall–Kier alpha value is -2.84. The van der Waals surface area contributed by atoms with Crippen molar-refractivity contribution in [2.24, 2.45) is 0 Å². The monoisotopic (exact) mass is 656 g/mol. The molecule has 0 N–H and O–H groups in total. The van der Waals surface area contributed by atoms with Gasteiger partial charge in [0, 0.05) is 27.6 Å². The average molecular weight is 658 g/mol. The molecule has 0 saturated carbocycles. The molecule has 0 bridgehead atoms. The summed E-state index contributed by atoms with van der Waals surface area (Å²) >= 11 is 16.3. The molecule has 0 spiro atoms. The molecule has 0 aliphatic carbocycles. The summed E-state index contributed by atoms with van der Waals surface area (Å²) in [5, 5.41) is 0.538. The average Bonchev–Trinajstić information content (AvgIpc) is 2.96. The second-order valence-corrected chi connectivity index (χ2v) is 13.2. The number of halogens is 3. The van der Waals surface area contributed by atoms with Gasteiger partial charge < -0.3 is 4.90 Å². The molecule has 1 aliphatic rings. The normalized spacial score (nSPS) is 15.0. The number of carbonyl (C=O) groups excluding carboxylic acids is 1. The molecule has 1 atom stereocenters. The zero-order chi connectivity index (χ0) is 28.4. The molecule has 9 heteroatoms. The predicted octanol–water partition coefficient (Wildman–Crippen LogP) is 8.13. The number of amides is 1. The van der Waals surface area contributed by atoms with E-state index in [-0.39, 0.29) is 34.0 Å². The van der Waals surface area contributed by atoms with Crippen molar-refractivity contribution in [1.29, 1.82) is 0 Å². The summed E-state index contributed by atoms with van der Waals surface area (Å²) in [5.41, 5.74) is 3.79. The summed E-state index contributed by atoms with van der Waals surface area (Å²) in [6.07, 6.45) is 1.49. The van der Waals surface area contributed by atoms with Crippen molar-refractivity contribution in [1.82, 2.24) is 4.90 Å². The minimum absolute atomic E-state index is 0.0157. The molecule has 206 valence electrons. The lowest BCUT2D eigenvalue weighted by Gasteiger charge is -2.37. The molecule has 0 aromatic heterocycles. The van der Waals surface area contributed by atoms with Gasteiger partial charge in [0.15, 0.2) is 0 Å². The zero-order valence-corrected chi connectivity index (χ0v) is 25.6. The second kappa shape index (κ2) is 12.0. The molecule has 0 radical (unpaired) electrons. The molecule has 1 amide bonds. The summed E-state index contributed by atoms with van der Waals surface area (Å²) in [5.74, 6) is -0.230. The van der Waals surface area contributed by atoms with E-state index in [1.54, 1.807) is 30.3 Å². The van der Waals surface area contributed by atoms with Crippen LogP contribution in [0.3, 0.4) is 0 Å². The van der Waals surface area contributed by atoms with E-state index in [9.17, 15) is 13.2 Å². The van der Waals surface area contributed by atoms with Crippen LogP contribution in [0.2, 0.25) is 10.0 Å². The first kappa shape index (κ1) is 28.7. The molecule has 1 unspecified atom stereocenters. The number of rotatable bonds is 7. The Labute approximate surface area is 253 Å². The maximum absolute atomic E-state index is 14.2. The van der Waals surface area contributed by atoms with Crippen LogP contribution in [0.25, 0.3) is 0 Å². The minimum atomic E-state index is -4.17. The molecule has 1 aliphatic heterocycles. The van der Waals surface area contributed by atoms with Gasteiger partial charge in [-0.1, -0.05) is 88.5 Å². The van der Waals surface area contributed by atoms with Crippen LogP contribution < -0.4 is 4.31 Å². The van der Waals surface area contributed by atoms with Gasteiger partial charge in [0.25, 0.3) is 15.9 Å². The predicted molar refractivity (Wildman–Crippen MR) is 165 cm³/mol. The van der Waals surface area contributed by atoms with E-state index in [0.29, 0.717) is 17.3 Å². The number of anilines is 1. The van der Waals surface area contributed by atoms with Crippen LogP contribution in [0.15, 0.2) is 100 Å². The fraction of sp³-hybridized carbons (Fsp3) is 0.194. The molecule has 4 aromatic carbocycles. The van der Waals surface area contributed by atoms with Crippen molar-refractivity contribution in [3.05, 3.63) is 128 Å².